The molecular formula is C7H9ClN2OS. The Morgan fingerprint density at radius 1 is 1.58 bits per heavy atom. The number of anilines is 1. The molecule has 1 unspecified atom stereocenters. The Morgan fingerprint density at radius 3 is 2.75 bits per heavy atom. The quantitative estimate of drug-likeness (QED) is 0.746. The first-order chi connectivity index (χ1) is 5.59. The second-order valence-electron chi connectivity index (χ2n) is 2.32. The zero-order valence-corrected chi connectivity index (χ0v) is 8.37. The van der Waals surface area contributed by atoms with Gasteiger partial charge < -0.3 is 4.72 Å². The fourth-order valence-corrected chi connectivity index (χ4v) is 1.51. The highest BCUT2D eigenvalue weighted by Crippen LogP contribution is 2.15. The predicted molar refractivity (Wildman–Crippen MR) is 51.7 cm³/mol. The third kappa shape index (κ3) is 2.46. The van der Waals surface area contributed by atoms with E-state index < -0.39 is 11.0 Å². The Labute approximate surface area is 78.7 Å². The molecule has 12 heavy (non-hydrogen) atoms. The lowest BCUT2D eigenvalue weighted by molar-refractivity contribution is 0.690. The standard InChI is InChI=1S/C7H9ClN2OS/c1-5-6(10-12(2)11)3-4-7(8)9-5/h3-4,10H,1-2H3. The molecule has 1 N–H and O–H groups in total. The summed E-state index contributed by atoms with van der Waals surface area (Å²) in [6.45, 7) is 1.81. The van der Waals surface area contributed by atoms with E-state index in [9.17, 15) is 4.21 Å². The highest BCUT2D eigenvalue weighted by molar-refractivity contribution is 7.85. The number of hydrogen-bond donors (Lipinski definition) is 1. The van der Waals surface area contributed by atoms with Crippen LogP contribution in [0.1, 0.15) is 5.69 Å². The van der Waals surface area contributed by atoms with Crippen molar-refractivity contribution in [2.24, 2.45) is 0 Å². The molecule has 1 aromatic heterocycles. The predicted octanol–water partition coefficient (Wildman–Crippen LogP) is 1.75. The first-order valence-corrected chi connectivity index (χ1v) is 5.26. The van der Waals surface area contributed by atoms with E-state index in [0.717, 1.165) is 11.4 Å². The van der Waals surface area contributed by atoms with Crippen LogP contribution in [0.3, 0.4) is 0 Å². The average molecular weight is 205 g/mol. The van der Waals surface area contributed by atoms with Crippen LogP contribution in [0.5, 0.6) is 0 Å². The lowest BCUT2D eigenvalue weighted by Gasteiger charge is -2.04. The molecular weight excluding hydrogens is 196 g/mol. The topological polar surface area (TPSA) is 42.0 Å². The van der Waals surface area contributed by atoms with Crippen LogP contribution >= 0.6 is 11.6 Å². The van der Waals surface area contributed by atoms with Gasteiger partial charge in [-0.05, 0) is 19.1 Å². The summed E-state index contributed by atoms with van der Waals surface area (Å²) in [6.07, 6.45) is 1.56. The normalized spacial score (nSPS) is 12.6. The van der Waals surface area contributed by atoms with Crippen molar-refractivity contribution in [3.8, 4) is 0 Å². The second kappa shape index (κ2) is 3.87. The van der Waals surface area contributed by atoms with Crippen LogP contribution in [0.25, 0.3) is 0 Å². The number of aryl methyl sites for hydroxylation is 1. The van der Waals surface area contributed by atoms with Crippen LogP contribution in [-0.4, -0.2) is 15.4 Å². The van der Waals surface area contributed by atoms with Gasteiger partial charge in [-0.1, -0.05) is 11.6 Å². The van der Waals surface area contributed by atoms with Crippen molar-refractivity contribution in [3.63, 3.8) is 0 Å². The van der Waals surface area contributed by atoms with E-state index in [-0.39, 0.29) is 0 Å². The summed E-state index contributed by atoms with van der Waals surface area (Å²) in [4.78, 5) is 4.00. The van der Waals surface area contributed by atoms with Crippen LogP contribution in [0.2, 0.25) is 5.15 Å². The number of aromatic nitrogens is 1. The van der Waals surface area contributed by atoms with Gasteiger partial charge >= 0.3 is 0 Å². The molecule has 1 rings (SSSR count). The number of pyridine rings is 1. The van der Waals surface area contributed by atoms with Crippen LogP contribution in [0.15, 0.2) is 12.1 Å². The fraction of sp³-hybridized carbons (Fsp3) is 0.286. The maximum absolute atomic E-state index is 10.8. The first kappa shape index (κ1) is 9.48. The van der Waals surface area contributed by atoms with Gasteiger partial charge in [0.25, 0.3) is 0 Å². The van der Waals surface area contributed by atoms with Crippen LogP contribution in [0, 0.1) is 6.92 Å². The van der Waals surface area contributed by atoms with Gasteiger partial charge in [-0.25, -0.2) is 9.19 Å². The van der Waals surface area contributed by atoms with Crippen molar-refractivity contribution >= 4 is 28.3 Å². The van der Waals surface area contributed by atoms with Gasteiger partial charge in [0, 0.05) is 6.26 Å². The monoisotopic (exact) mass is 204 g/mol. The van der Waals surface area contributed by atoms with Gasteiger partial charge in [0.15, 0.2) is 0 Å². The number of rotatable bonds is 2. The number of hydrogen-bond acceptors (Lipinski definition) is 2. The maximum atomic E-state index is 10.8. The third-order valence-electron chi connectivity index (χ3n) is 1.31. The molecule has 0 amide bonds. The zero-order chi connectivity index (χ0) is 9.14. The largest absolute Gasteiger partial charge is 0.304 e. The van der Waals surface area contributed by atoms with E-state index in [1.807, 2.05) is 0 Å². The van der Waals surface area contributed by atoms with E-state index >= 15 is 0 Å². The molecule has 0 saturated carbocycles. The fourth-order valence-electron chi connectivity index (χ4n) is 0.793. The molecule has 3 nitrogen and oxygen atoms in total. The molecule has 0 aliphatic carbocycles. The molecule has 0 aliphatic rings. The lowest BCUT2D eigenvalue weighted by atomic mass is 10.3. The Morgan fingerprint density at radius 2 is 2.25 bits per heavy atom. The van der Waals surface area contributed by atoms with Crippen molar-refractivity contribution in [1.29, 1.82) is 0 Å². The van der Waals surface area contributed by atoms with E-state index in [1.165, 1.54) is 0 Å². The minimum Gasteiger partial charge on any atom is -0.304 e. The van der Waals surface area contributed by atoms with Crippen LogP contribution in [-0.2, 0) is 11.0 Å². The smallest absolute Gasteiger partial charge is 0.129 e. The molecule has 5 heteroatoms. The highest BCUT2D eigenvalue weighted by Gasteiger charge is 2.00. The van der Waals surface area contributed by atoms with E-state index in [4.69, 9.17) is 11.6 Å². The Balaban J connectivity index is 2.93. The number of halogens is 1. The van der Waals surface area contributed by atoms with Gasteiger partial charge in [0.1, 0.15) is 16.1 Å². The molecule has 66 valence electrons. The summed E-state index contributed by atoms with van der Waals surface area (Å²) < 4.78 is 13.5. The Bertz CT molecular complexity index is 316. The molecule has 0 fully saturated rings. The minimum absolute atomic E-state index is 0.444. The molecule has 0 radical (unpaired) electrons. The van der Waals surface area contributed by atoms with Gasteiger partial charge in [0.2, 0.25) is 0 Å². The molecule has 1 heterocycles. The number of nitrogens with one attached hydrogen (secondary N) is 1. The SMILES string of the molecule is Cc1nc(Cl)ccc1NS(C)=O. The second-order valence-corrected chi connectivity index (χ2v) is 3.82. The van der Waals surface area contributed by atoms with Crippen molar-refractivity contribution in [3.05, 3.63) is 23.0 Å². The highest BCUT2D eigenvalue weighted by atomic mass is 35.5. The van der Waals surface area contributed by atoms with E-state index in [0.29, 0.717) is 5.15 Å². The molecule has 0 bridgehead atoms. The van der Waals surface area contributed by atoms with Gasteiger partial charge in [-0.3, -0.25) is 0 Å². The first-order valence-electron chi connectivity index (χ1n) is 3.33. The summed E-state index contributed by atoms with van der Waals surface area (Å²) in [5.74, 6) is 0. The summed E-state index contributed by atoms with van der Waals surface area (Å²) >= 11 is 5.64. The minimum atomic E-state index is -1.07. The molecule has 0 aromatic carbocycles. The summed E-state index contributed by atoms with van der Waals surface area (Å²) in [5, 5.41) is 0.444. The maximum Gasteiger partial charge on any atom is 0.129 e. The Kier molecular flexibility index (Phi) is 3.05. The molecule has 1 atom stereocenters. The van der Waals surface area contributed by atoms with Gasteiger partial charge in [0.05, 0.1) is 11.4 Å². The average Bonchev–Trinajstić information content (AvgIpc) is 1.94. The molecule has 0 spiro atoms. The van der Waals surface area contributed by atoms with Crippen molar-refractivity contribution in [1.82, 2.24) is 4.98 Å². The molecule has 0 aliphatic heterocycles. The van der Waals surface area contributed by atoms with Crippen molar-refractivity contribution in [2.75, 3.05) is 11.0 Å². The van der Waals surface area contributed by atoms with Gasteiger partial charge in [-0.2, -0.15) is 0 Å². The van der Waals surface area contributed by atoms with Crippen LogP contribution < -0.4 is 4.72 Å². The molecule has 1 aromatic rings. The van der Waals surface area contributed by atoms with Gasteiger partial charge in [-0.15, -0.1) is 0 Å². The van der Waals surface area contributed by atoms with E-state index in [1.54, 1.807) is 25.3 Å². The summed E-state index contributed by atoms with van der Waals surface area (Å²) in [5.41, 5.74) is 1.50. The molecule has 0 saturated heterocycles. The van der Waals surface area contributed by atoms with E-state index in [2.05, 4.69) is 9.71 Å². The van der Waals surface area contributed by atoms with Crippen LogP contribution in [0.4, 0.5) is 5.69 Å². The summed E-state index contributed by atoms with van der Waals surface area (Å²) in [6, 6.07) is 3.41. The van der Waals surface area contributed by atoms with Crippen molar-refractivity contribution < 1.29 is 4.21 Å². The zero-order valence-electron chi connectivity index (χ0n) is 6.80. The number of nitrogens with zero attached hydrogens (tertiary/aromatic N) is 1. The summed E-state index contributed by atoms with van der Waals surface area (Å²) in [7, 11) is -1.07. The lowest BCUT2D eigenvalue weighted by Crippen LogP contribution is -2.03. The third-order valence-corrected chi connectivity index (χ3v) is 2.02. The van der Waals surface area contributed by atoms with Crippen molar-refractivity contribution in [2.45, 2.75) is 6.92 Å². The Hall–Kier alpha value is -0.610.